The summed E-state index contributed by atoms with van der Waals surface area (Å²) in [5.74, 6) is -0.0717. The van der Waals surface area contributed by atoms with Gasteiger partial charge in [0, 0.05) is 6.42 Å². The Labute approximate surface area is 193 Å². The van der Waals surface area contributed by atoms with Crippen molar-refractivity contribution < 1.29 is 15.0 Å². The molecule has 4 nitrogen and oxygen atoms in total. The first-order chi connectivity index (χ1) is 15.2. The van der Waals surface area contributed by atoms with E-state index >= 15 is 0 Å². The van der Waals surface area contributed by atoms with Crippen molar-refractivity contribution in [3.63, 3.8) is 0 Å². The van der Waals surface area contributed by atoms with Crippen LogP contribution < -0.4 is 5.32 Å². The van der Waals surface area contributed by atoms with Crippen LogP contribution in [0, 0.1) is 0 Å². The van der Waals surface area contributed by atoms with Gasteiger partial charge in [0.05, 0.1) is 18.8 Å². The molecule has 0 bridgehead atoms. The van der Waals surface area contributed by atoms with Crippen LogP contribution in [0.3, 0.4) is 0 Å². The van der Waals surface area contributed by atoms with Gasteiger partial charge in [-0.25, -0.2) is 0 Å². The molecule has 0 aromatic carbocycles. The van der Waals surface area contributed by atoms with E-state index in [1.165, 1.54) is 89.9 Å². The number of hydrogen-bond donors (Lipinski definition) is 3. The highest BCUT2D eigenvalue weighted by atomic mass is 16.3. The van der Waals surface area contributed by atoms with E-state index in [-0.39, 0.29) is 12.5 Å². The normalized spacial score (nSPS) is 13.5. The summed E-state index contributed by atoms with van der Waals surface area (Å²) in [5.41, 5.74) is 0. The maximum atomic E-state index is 12.1. The standard InChI is InChI=1S/C27H53NO3/c1-3-5-7-9-11-13-15-16-18-20-22-26(30)25(24-29)28-27(31)23-21-19-17-14-12-10-8-6-4-2/h20,22,25-26,29-30H,3-19,21,23-24H2,1-2H3,(H,28,31)/b22-20+/t25-,26+/m0/s1. The van der Waals surface area contributed by atoms with Crippen LogP contribution in [-0.2, 0) is 4.79 Å². The summed E-state index contributed by atoms with van der Waals surface area (Å²) in [4.78, 5) is 12.1. The lowest BCUT2D eigenvalue weighted by Gasteiger charge is -2.20. The van der Waals surface area contributed by atoms with Gasteiger partial charge in [0.25, 0.3) is 0 Å². The molecule has 0 saturated heterocycles. The molecule has 184 valence electrons. The quantitative estimate of drug-likeness (QED) is 0.121. The third-order valence-electron chi connectivity index (χ3n) is 6.02. The molecule has 31 heavy (non-hydrogen) atoms. The van der Waals surface area contributed by atoms with Crippen LogP contribution in [0.2, 0.25) is 0 Å². The first-order valence-electron chi connectivity index (χ1n) is 13.4. The fraction of sp³-hybridized carbons (Fsp3) is 0.889. The van der Waals surface area contributed by atoms with E-state index in [1.54, 1.807) is 6.08 Å². The number of carbonyl (C=O) groups is 1. The average Bonchev–Trinajstić information content (AvgIpc) is 2.77. The van der Waals surface area contributed by atoms with E-state index in [4.69, 9.17) is 0 Å². The lowest BCUT2D eigenvalue weighted by atomic mass is 10.1. The van der Waals surface area contributed by atoms with Crippen LogP contribution in [0.1, 0.15) is 136 Å². The monoisotopic (exact) mass is 439 g/mol. The Morgan fingerprint density at radius 3 is 1.68 bits per heavy atom. The lowest BCUT2D eigenvalue weighted by Crippen LogP contribution is -2.45. The Morgan fingerprint density at radius 2 is 1.19 bits per heavy atom. The smallest absolute Gasteiger partial charge is 0.220 e. The zero-order valence-electron chi connectivity index (χ0n) is 20.8. The van der Waals surface area contributed by atoms with Gasteiger partial charge < -0.3 is 15.5 Å². The van der Waals surface area contributed by atoms with Gasteiger partial charge in [0.15, 0.2) is 0 Å². The predicted octanol–water partition coefficient (Wildman–Crippen LogP) is 6.83. The minimum absolute atomic E-state index is 0.0717. The van der Waals surface area contributed by atoms with Crippen molar-refractivity contribution in [3.8, 4) is 0 Å². The number of aliphatic hydroxyl groups excluding tert-OH is 2. The number of carbonyl (C=O) groups excluding carboxylic acids is 1. The molecule has 0 radical (unpaired) electrons. The Kier molecular flexibility index (Phi) is 23.1. The highest BCUT2D eigenvalue weighted by Gasteiger charge is 2.17. The zero-order valence-corrected chi connectivity index (χ0v) is 20.8. The van der Waals surface area contributed by atoms with Crippen LogP contribution in [0.25, 0.3) is 0 Å². The summed E-state index contributed by atoms with van der Waals surface area (Å²) in [6.07, 6.45) is 25.6. The third kappa shape index (κ3) is 20.8. The topological polar surface area (TPSA) is 69.6 Å². The Morgan fingerprint density at radius 1 is 0.742 bits per heavy atom. The SMILES string of the molecule is CCCCCCCCCC/C=C/[C@@H](O)[C@H](CO)NC(=O)CCCCCCCCCCC. The third-order valence-corrected chi connectivity index (χ3v) is 6.02. The first kappa shape index (κ1) is 30.1. The molecule has 0 rings (SSSR count). The largest absolute Gasteiger partial charge is 0.394 e. The van der Waals surface area contributed by atoms with Crippen molar-refractivity contribution in [2.75, 3.05) is 6.61 Å². The molecule has 0 heterocycles. The molecule has 0 unspecified atom stereocenters. The second-order valence-corrected chi connectivity index (χ2v) is 9.12. The highest BCUT2D eigenvalue weighted by Crippen LogP contribution is 2.11. The van der Waals surface area contributed by atoms with Crippen molar-refractivity contribution in [3.05, 3.63) is 12.2 Å². The van der Waals surface area contributed by atoms with Crippen LogP contribution in [0.5, 0.6) is 0 Å². The summed E-state index contributed by atoms with van der Waals surface area (Å²) < 4.78 is 0. The number of allylic oxidation sites excluding steroid dienone is 1. The molecular formula is C27H53NO3. The van der Waals surface area contributed by atoms with E-state index in [2.05, 4.69) is 19.2 Å². The molecule has 0 saturated carbocycles. The van der Waals surface area contributed by atoms with Gasteiger partial charge in [-0.05, 0) is 19.3 Å². The molecule has 0 aromatic rings. The molecule has 4 heteroatoms. The summed E-state index contributed by atoms with van der Waals surface area (Å²) in [6.45, 7) is 4.23. The van der Waals surface area contributed by atoms with Crippen LogP contribution in [0.15, 0.2) is 12.2 Å². The van der Waals surface area contributed by atoms with Crippen molar-refractivity contribution in [1.29, 1.82) is 0 Å². The molecule has 0 aliphatic rings. The predicted molar refractivity (Wildman–Crippen MR) is 133 cm³/mol. The number of hydrogen-bond acceptors (Lipinski definition) is 3. The van der Waals surface area contributed by atoms with E-state index in [1.807, 2.05) is 6.08 Å². The van der Waals surface area contributed by atoms with E-state index in [0.29, 0.717) is 6.42 Å². The second-order valence-electron chi connectivity index (χ2n) is 9.12. The molecule has 0 fully saturated rings. The first-order valence-corrected chi connectivity index (χ1v) is 13.4. The van der Waals surface area contributed by atoms with E-state index in [0.717, 1.165) is 25.7 Å². The van der Waals surface area contributed by atoms with Crippen LogP contribution in [0.4, 0.5) is 0 Å². The molecule has 1 amide bonds. The number of aliphatic hydroxyl groups is 2. The van der Waals surface area contributed by atoms with Crippen LogP contribution >= 0.6 is 0 Å². The zero-order chi connectivity index (χ0) is 23.0. The Balaban J connectivity index is 3.74. The summed E-state index contributed by atoms with van der Waals surface area (Å²) >= 11 is 0. The maximum absolute atomic E-state index is 12.1. The van der Waals surface area contributed by atoms with Gasteiger partial charge in [-0.2, -0.15) is 0 Å². The summed E-state index contributed by atoms with van der Waals surface area (Å²) in [6, 6.07) is -0.610. The summed E-state index contributed by atoms with van der Waals surface area (Å²) in [7, 11) is 0. The van der Waals surface area contributed by atoms with Gasteiger partial charge in [0.2, 0.25) is 5.91 Å². The van der Waals surface area contributed by atoms with Crippen molar-refractivity contribution in [1.82, 2.24) is 5.32 Å². The molecule has 3 N–H and O–H groups in total. The van der Waals surface area contributed by atoms with Gasteiger partial charge in [-0.1, -0.05) is 122 Å². The van der Waals surface area contributed by atoms with Crippen LogP contribution in [-0.4, -0.2) is 34.9 Å². The Bertz CT molecular complexity index is 411. The minimum atomic E-state index is -0.828. The molecule has 0 aliphatic heterocycles. The number of unbranched alkanes of at least 4 members (excludes halogenated alkanes) is 16. The maximum Gasteiger partial charge on any atom is 0.220 e. The fourth-order valence-electron chi connectivity index (χ4n) is 3.88. The molecule has 0 spiro atoms. The number of nitrogens with one attached hydrogen (secondary N) is 1. The molecule has 2 atom stereocenters. The molecular weight excluding hydrogens is 386 g/mol. The van der Waals surface area contributed by atoms with E-state index < -0.39 is 12.1 Å². The van der Waals surface area contributed by atoms with Crippen molar-refractivity contribution in [2.45, 2.75) is 148 Å². The van der Waals surface area contributed by atoms with Gasteiger partial charge >= 0.3 is 0 Å². The molecule has 0 aliphatic carbocycles. The molecule has 0 aromatic heterocycles. The average molecular weight is 440 g/mol. The van der Waals surface area contributed by atoms with Gasteiger partial charge in [-0.15, -0.1) is 0 Å². The fourth-order valence-corrected chi connectivity index (χ4v) is 3.88. The van der Waals surface area contributed by atoms with Crippen molar-refractivity contribution in [2.24, 2.45) is 0 Å². The van der Waals surface area contributed by atoms with Gasteiger partial charge in [0.1, 0.15) is 0 Å². The number of rotatable bonds is 23. The minimum Gasteiger partial charge on any atom is -0.394 e. The van der Waals surface area contributed by atoms with Gasteiger partial charge in [-0.3, -0.25) is 4.79 Å². The van der Waals surface area contributed by atoms with Crippen molar-refractivity contribution >= 4 is 5.91 Å². The Hall–Kier alpha value is -0.870. The van der Waals surface area contributed by atoms with E-state index in [9.17, 15) is 15.0 Å². The lowest BCUT2D eigenvalue weighted by molar-refractivity contribution is -0.123. The second kappa shape index (κ2) is 23.8. The highest BCUT2D eigenvalue weighted by molar-refractivity contribution is 5.76. The number of amides is 1. The summed E-state index contributed by atoms with van der Waals surface area (Å²) in [5, 5.41) is 22.6.